The van der Waals surface area contributed by atoms with Crippen LogP contribution in [0.15, 0.2) is 12.7 Å². The molecule has 1 atom stereocenters. The summed E-state index contributed by atoms with van der Waals surface area (Å²) < 4.78 is 0. The third-order valence-corrected chi connectivity index (χ3v) is 2.96. The quantitative estimate of drug-likeness (QED) is 0.516. The van der Waals surface area contributed by atoms with Crippen molar-refractivity contribution in [2.45, 2.75) is 38.6 Å². The molecule has 0 spiro atoms. The minimum absolute atomic E-state index is 0.693. The Morgan fingerprint density at radius 3 is 3.07 bits per heavy atom. The van der Waals surface area contributed by atoms with Gasteiger partial charge in [-0.25, -0.2) is 0 Å². The summed E-state index contributed by atoms with van der Waals surface area (Å²) in [7, 11) is 0. The van der Waals surface area contributed by atoms with Gasteiger partial charge in [-0.1, -0.05) is 25.8 Å². The monoisotopic (exact) mass is 196 g/mol. The van der Waals surface area contributed by atoms with E-state index < -0.39 is 0 Å². The van der Waals surface area contributed by atoms with Crippen LogP contribution in [0.2, 0.25) is 0 Å². The van der Waals surface area contributed by atoms with E-state index >= 15 is 0 Å². The largest absolute Gasteiger partial charge is 0.314 e. The van der Waals surface area contributed by atoms with Crippen LogP contribution in [0, 0.1) is 0 Å². The summed E-state index contributed by atoms with van der Waals surface area (Å²) >= 11 is 0. The number of hydrogen-bond acceptors (Lipinski definition) is 2. The Morgan fingerprint density at radius 1 is 1.50 bits per heavy atom. The maximum atomic E-state index is 3.83. The van der Waals surface area contributed by atoms with E-state index in [9.17, 15) is 0 Å². The van der Waals surface area contributed by atoms with Gasteiger partial charge in [0.25, 0.3) is 0 Å². The molecular formula is C12H24N2. The topological polar surface area (TPSA) is 15.3 Å². The van der Waals surface area contributed by atoms with Crippen molar-refractivity contribution in [3.63, 3.8) is 0 Å². The predicted octanol–water partition coefficient (Wildman–Crippen LogP) is 2.03. The van der Waals surface area contributed by atoms with Crippen LogP contribution in [0.5, 0.6) is 0 Å². The van der Waals surface area contributed by atoms with Crippen LogP contribution in [0.1, 0.15) is 32.6 Å². The summed E-state index contributed by atoms with van der Waals surface area (Å²) in [6.07, 6.45) is 7.21. The minimum Gasteiger partial charge on any atom is -0.314 e. The van der Waals surface area contributed by atoms with Crippen molar-refractivity contribution in [3.8, 4) is 0 Å². The average molecular weight is 196 g/mol. The highest BCUT2D eigenvalue weighted by atomic mass is 15.2. The lowest BCUT2D eigenvalue weighted by molar-refractivity contribution is 0.159. The summed E-state index contributed by atoms with van der Waals surface area (Å²) in [5.41, 5.74) is 0. The zero-order chi connectivity index (χ0) is 10.2. The molecule has 1 saturated heterocycles. The summed E-state index contributed by atoms with van der Waals surface area (Å²) in [4.78, 5) is 2.62. The Hall–Kier alpha value is -0.340. The Labute approximate surface area is 88.4 Å². The molecule has 0 aromatic rings. The summed E-state index contributed by atoms with van der Waals surface area (Å²) in [5, 5.41) is 3.45. The van der Waals surface area contributed by atoms with Crippen LogP contribution in [0.25, 0.3) is 0 Å². The molecule has 14 heavy (non-hydrogen) atoms. The van der Waals surface area contributed by atoms with Gasteiger partial charge in [-0.15, -0.1) is 6.58 Å². The summed E-state index contributed by atoms with van der Waals surface area (Å²) in [6, 6.07) is 0.693. The molecule has 0 saturated carbocycles. The Bertz CT molecular complexity index is 156. The molecule has 0 aromatic heterocycles. The first-order chi connectivity index (χ1) is 6.88. The highest BCUT2D eigenvalue weighted by Crippen LogP contribution is 2.09. The van der Waals surface area contributed by atoms with Crippen LogP contribution < -0.4 is 5.32 Å². The molecule has 1 fully saturated rings. The van der Waals surface area contributed by atoms with E-state index in [2.05, 4.69) is 23.7 Å². The predicted molar refractivity (Wildman–Crippen MR) is 62.6 cm³/mol. The van der Waals surface area contributed by atoms with Gasteiger partial charge in [0.2, 0.25) is 0 Å². The zero-order valence-electron chi connectivity index (χ0n) is 9.47. The molecule has 2 heteroatoms. The van der Waals surface area contributed by atoms with Crippen molar-refractivity contribution >= 4 is 0 Å². The molecule has 0 radical (unpaired) electrons. The van der Waals surface area contributed by atoms with Crippen molar-refractivity contribution in [1.82, 2.24) is 10.2 Å². The second-order valence-electron chi connectivity index (χ2n) is 4.13. The number of rotatable bonds is 6. The van der Waals surface area contributed by atoms with Crippen molar-refractivity contribution < 1.29 is 0 Å². The number of nitrogens with zero attached hydrogens (tertiary/aromatic N) is 1. The van der Waals surface area contributed by atoms with Crippen molar-refractivity contribution in [2.75, 3.05) is 26.2 Å². The second-order valence-corrected chi connectivity index (χ2v) is 4.13. The maximum Gasteiger partial charge on any atom is 0.0255 e. The molecule has 2 nitrogen and oxygen atoms in total. The van der Waals surface area contributed by atoms with Crippen LogP contribution in [0.4, 0.5) is 0 Å². The maximum absolute atomic E-state index is 3.83. The number of unbranched alkanes of at least 4 members (excludes halogenated alkanes) is 2. The third kappa shape index (κ3) is 3.81. The minimum atomic E-state index is 0.693. The second kappa shape index (κ2) is 7.02. The molecule has 1 heterocycles. The lowest BCUT2D eigenvalue weighted by Gasteiger charge is -2.35. The fourth-order valence-electron chi connectivity index (χ4n) is 2.09. The van der Waals surface area contributed by atoms with E-state index in [1.54, 1.807) is 0 Å². The van der Waals surface area contributed by atoms with Gasteiger partial charge in [-0.2, -0.15) is 0 Å². The molecule has 0 amide bonds. The molecule has 1 aliphatic heterocycles. The number of nitrogens with one attached hydrogen (secondary N) is 1. The van der Waals surface area contributed by atoms with Gasteiger partial charge in [0, 0.05) is 25.7 Å². The van der Waals surface area contributed by atoms with E-state index in [0.717, 1.165) is 19.5 Å². The van der Waals surface area contributed by atoms with Crippen molar-refractivity contribution in [3.05, 3.63) is 12.7 Å². The fraction of sp³-hybridized carbons (Fsp3) is 0.833. The van der Waals surface area contributed by atoms with Crippen molar-refractivity contribution in [2.24, 2.45) is 0 Å². The molecular weight excluding hydrogens is 172 g/mol. The number of hydrogen-bond donors (Lipinski definition) is 1. The molecule has 1 N–H and O–H groups in total. The van der Waals surface area contributed by atoms with Crippen molar-refractivity contribution in [1.29, 1.82) is 0 Å². The van der Waals surface area contributed by atoms with Crippen LogP contribution in [-0.2, 0) is 0 Å². The van der Waals surface area contributed by atoms with E-state index in [1.807, 2.05) is 6.08 Å². The normalized spacial score (nSPS) is 23.6. The van der Waals surface area contributed by atoms with Gasteiger partial charge < -0.3 is 5.32 Å². The first kappa shape index (κ1) is 11.7. The smallest absolute Gasteiger partial charge is 0.0255 e. The van der Waals surface area contributed by atoms with Gasteiger partial charge in [0.1, 0.15) is 0 Å². The summed E-state index contributed by atoms with van der Waals surface area (Å²) in [6.45, 7) is 10.9. The first-order valence-electron chi connectivity index (χ1n) is 5.94. The van der Waals surface area contributed by atoms with Gasteiger partial charge >= 0.3 is 0 Å². The summed E-state index contributed by atoms with van der Waals surface area (Å²) in [5.74, 6) is 0. The average Bonchev–Trinajstić information content (AvgIpc) is 2.21. The van der Waals surface area contributed by atoms with Crippen LogP contribution in [-0.4, -0.2) is 37.1 Å². The molecule has 1 unspecified atom stereocenters. The molecule has 0 aliphatic carbocycles. The molecule has 1 aliphatic rings. The molecule has 0 aromatic carbocycles. The number of piperazine rings is 1. The molecule has 82 valence electrons. The SMILES string of the molecule is C=CCC1CNCCN1CCCCC. The van der Waals surface area contributed by atoms with Crippen LogP contribution >= 0.6 is 0 Å². The lowest BCUT2D eigenvalue weighted by Crippen LogP contribution is -2.51. The van der Waals surface area contributed by atoms with E-state index in [0.29, 0.717) is 6.04 Å². The van der Waals surface area contributed by atoms with Crippen LogP contribution in [0.3, 0.4) is 0 Å². The standard InChI is InChI=1S/C12H24N2/c1-3-5-6-9-14-10-8-13-11-12(14)7-4-2/h4,12-13H,2-3,5-11H2,1H3. The van der Waals surface area contributed by atoms with Gasteiger partial charge in [0.05, 0.1) is 0 Å². The van der Waals surface area contributed by atoms with Gasteiger partial charge in [-0.05, 0) is 19.4 Å². The third-order valence-electron chi connectivity index (χ3n) is 2.96. The highest BCUT2D eigenvalue weighted by Gasteiger charge is 2.19. The van der Waals surface area contributed by atoms with Gasteiger partial charge in [0.15, 0.2) is 0 Å². The van der Waals surface area contributed by atoms with E-state index in [4.69, 9.17) is 0 Å². The Morgan fingerprint density at radius 2 is 2.36 bits per heavy atom. The lowest BCUT2D eigenvalue weighted by atomic mass is 10.1. The Kier molecular flexibility index (Phi) is 5.88. The first-order valence-corrected chi connectivity index (χ1v) is 5.94. The van der Waals surface area contributed by atoms with E-state index in [-0.39, 0.29) is 0 Å². The van der Waals surface area contributed by atoms with Gasteiger partial charge in [-0.3, -0.25) is 4.90 Å². The highest BCUT2D eigenvalue weighted by molar-refractivity contribution is 4.85. The fourth-order valence-corrected chi connectivity index (χ4v) is 2.09. The molecule has 0 bridgehead atoms. The molecule has 1 rings (SSSR count). The Balaban J connectivity index is 2.26. The zero-order valence-corrected chi connectivity index (χ0v) is 9.47. The van der Waals surface area contributed by atoms with E-state index in [1.165, 1.54) is 32.4 Å².